The molecule has 4 rings (SSSR count). The minimum absolute atomic E-state index is 0.235. The molecule has 0 bridgehead atoms. The molecule has 0 saturated heterocycles. The molecule has 0 radical (unpaired) electrons. The van der Waals surface area contributed by atoms with Crippen LogP contribution in [0.25, 0.3) is 11.5 Å². The molecule has 0 spiro atoms. The van der Waals surface area contributed by atoms with Crippen LogP contribution in [0.1, 0.15) is 27.6 Å². The number of furan rings is 1. The molecule has 4 aromatic rings. The number of aromatic nitrogens is 1. The summed E-state index contributed by atoms with van der Waals surface area (Å²) >= 11 is 0. The largest absolute Gasteiger partial charge is 0.467 e. The first-order valence-corrected chi connectivity index (χ1v) is 11.2. The molecule has 0 fully saturated rings. The van der Waals surface area contributed by atoms with Crippen LogP contribution < -0.4 is 5.32 Å². The summed E-state index contributed by atoms with van der Waals surface area (Å²) in [6.45, 7) is 1.98. The van der Waals surface area contributed by atoms with Gasteiger partial charge in [-0.2, -0.15) is 0 Å². The summed E-state index contributed by atoms with van der Waals surface area (Å²) in [5.41, 5.74) is 1.48. The van der Waals surface area contributed by atoms with Crippen LogP contribution >= 0.6 is 0 Å². The van der Waals surface area contributed by atoms with Crippen molar-refractivity contribution < 1.29 is 22.0 Å². The van der Waals surface area contributed by atoms with Gasteiger partial charge in [0, 0.05) is 11.1 Å². The van der Waals surface area contributed by atoms with Crippen molar-refractivity contribution in [2.24, 2.45) is 0 Å². The standard InChI is InChI=1S/C23H20N2O5S/c1-16-21(15-31(27,28)20-7-3-2-4-8-20)25-23(30-16)18-11-9-17(10-12-18)22(26)24-14-19-6-5-13-29-19/h2-13H,14-15H2,1H3,(H,24,26). The van der Waals surface area contributed by atoms with Crippen molar-refractivity contribution in [2.75, 3.05) is 0 Å². The normalized spacial score (nSPS) is 11.4. The molecule has 2 aromatic carbocycles. The summed E-state index contributed by atoms with van der Waals surface area (Å²) in [6, 6.07) is 18.5. The molecule has 158 valence electrons. The Morgan fingerprint density at radius 1 is 1.00 bits per heavy atom. The number of carbonyl (C=O) groups is 1. The van der Waals surface area contributed by atoms with Crippen LogP contribution in [0.4, 0.5) is 0 Å². The number of aryl methyl sites for hydroxylation is 1. The summed E-state index contributed by atoms with van der Waals surface area (Å²) in [5.74, 6) is 0.923. The minimum atomic E-state index is -3.53. The van der Waals surface area contributed by atoms with Crippen molar-refractivity contribution in [1.82, 2.24) is 10.3 Å². The Morgan fingerprint density at radius 2 is 1.74 bits per heavy atom. The fraction of sp³-hybridized carbons (Fsp3) is 0.130. The fourth-order valence-electron chi connectivity index (χ4n) is 3.02. The highest BCUT2D eigenvalue weighted by Crippen LogP contribution is 2.25. The summed E-state index contributed by atoms with van der Waals surface area (Å²) in [4.78, 5) is 16.9. The Kier molecular flexibility index (Phi) is 5.73. The van der Waals surface area contributed by atoms with E-state index in [1.165, 1.54) is 0 Å². The van der Waals surface area contributed by atoms with Crippen molar-refractivity contribution in [3.8, 4) is 11.5 Å². The van der Waals surface area contributed by atoms with Gasteiger partial charge in [-0.05, 0) is 55.5 Å². The molecule has 0 atom stereocenters. The molecule has 8 heteroatoms. The monoisotopic (exact) mass is 436 g/mol. The molecule has 2 heterocycles. The topological polar surface area (TPSA) is 102 Å². The lowest BCUT2D eigenvalue weighted by atomic mass is 10.1. The fourth-order valence-corrected chi connectivity index (χ4v) is 4.39. The number of benzene rings is 2. The average Bonchev–Trinajstić information content (AvgIpc) is 3.43. The first-order chi connectivity index (χ1) is 14.9. The number of sulfone groups is 1. The van der Waals surface area contributed by atoms with E-state index in [-0.39, 0.29) is 16.6 Å². The number of nitrogens with zero attached hydrogens (tertiary/aromatic N) is 1. The van der Waals surface area contributed by atoms with E-state index < -0.39 is 9.84 Å². The van der Waals surface area contributed by atoms with Crippen LogP contribution in [-0.4, -0.2) is 19.3 Å². The van der Waals surface area contributed by atoms with Crippen LogP contribution in [0, 0.1) is 6.92 Å². The highest BCUT2D eigenvalue weighted by Gasteiger charge is 2.21. The third kappa shape index (κ3) is 4.75. The number of oxazole rings is 1. The highest BCUT2D eigenvalue weighted by atomic mass is 32.2. The molecular formula is C23H20N2O5S. The van der Waals surface area contributed by atoms with Crippen molar-refractivity contribution in [2.45, 2.75) is 24.1 Å². The number of hydrogen-bond donors (Lipinski definition) is 1. The maximum Gasteiger partial charge on any atom is 0.251 e. The van der Waals surface area contributed by atoms with Gasteiger partial charge in [0.1, 0.15) is 17.3 Å². The Bertz CT molecular complexity index is 1280. The van der Waals surface area contributed by atoms with E-state index >= 15 is 0 Å². The molecular weight excluding hydrogens is 416 g/mol. The quantitative estimate of drug-likeness (QED) is 0.467. The molecule has 0 aliphatic carbocycles. The molecule has 0 aliphatic rings. The van der Waals surface area contributed by atoms with E-state index in [1.54, 1.807) is 79.9 Å². The van der Waals surface area contributed by atoms with Crippen molar-refractivity contribution in [1.29, 1.82) is 0 Å². The Morgan fingerprint density at radius 3 is 2.42 bits per heavy atom. The van der Waals surface area contributed by atoms with Gasteiger partial charge in [-0.25, -0.2) is 13.4 Å². The van der Waals surface area contributed by atoms with Crippen molar-refractivity contribution in [3.05, 3.63) is 95.8 Å². The van der Waals surface area contributed by atoms with E-state index in [1.807, 2.05) is 0 Å². The van der Waals surface area contributed by atoms with E-state index in [2.05, 4.69) is 10.3 Å². The third-order valence-corrected chi connectivity index (χ3v) is 6.36. The predicted octanol–water partition coefficient (Wildman–Crippen LogP) is 4.15. The van der Waals surface area contributed by atoms with Crippen LogP contribution in [0.15, 0.2) is 86.7 Å². The van der Waals surface area contributed by atoms with Crippen LogP contribution in [0.3, 0.4) is 0 Å². The Hall–Kier alpha value is -3.65. The predicted molar refractivity (Wildman–Crippen MR) is 114 cm³/mol. The molecule has 1 amide bonds. The summed E-state index contributed by atoms with van der Waals surface area (Å²) in [6.07, 6.45) is 1.55. The average molecular weight is 436 g/mol. The smallest absolute Gasteiger partial charge is 0.251 e. The summed E-state index contributed by atoms with van der Waals surface area (Å²) < 4.78 is 36.2. The van der Waals surface area contributed by atoms with E-state index in [4.69, 9.17) is 8.83 Å². The number of nitrogens with one attached hydrogen (secondary N) is 1. The molecule has 0 aliphatic heterocycles. The van der Waals surface area contributed by atoms with Gasteiger partial charge in [0.05, 0.1) is 23.4 Å². The van der Waals surface area contributed by atoms with Gasteiger partial charge in [0.25, 0.3) is 5.91 Å². The van der Waals surface area contributed by atoms with Crippen LogP contribution in [0.5, 0.6) is 0 Å². The lowest BCUT2D eigenvalue weighted by molar-refractivity contribution is 0.0948. The zero-order chi connectivity index (χ0) is 21.8. The Balaban J connectivity index is 1.47. The van der Waals surface area contributed by atoms with E-state index in [0.717, 1.165) is 0 Å². The summed E-state index contributed by atoms with van der Waals surface area (Å²) in [5, 5.41) is 2.78. The van der Waals surface area contributed by atoms with Gasteiger partial charge in [-0.1, -0.05) is 18.2 Å². The minimum Gasteiger partial charge on any atom is -0.467 e. The lowest BCUT2D eigenvalue weighted by Crippen LogP contribution is -2.22. The zero-order valence-electron chi connectivity index (χ0n) is 16.7. The van der Waals surface area contributed by atoms with Gasteiger partial charge in [0.15, 0.2) is 9.84 Å². The SMILES string of the molecule is Cc1oc(-c2ccc(C(=O)NCc3ccco3)cc2)nc1CS(=O)(=O)c1ccccc1. The third-order valence-electron chi connectivity index (χ3n) is 4.72. The highest BCUT2D eigenvalue weighted by molar-refractivity contribution is 7.90. The second-order valence-electron chi connectivity index (χ2n) is 6.93. The molecule has 1 N–H and O–H groups in total. The number of amides is 1. The van der Waals surface area contributed by atoms with Crippen molar-refractivity contribution in [3.63, 3.8) is 0 Å². The van der Waals surface area contributed by atoms with Gasteiger partial charge < -0.3 is 14.2 Å². The van der Waals surface area contributed by atoms with Gasteiger partial charge in [-0.15, -0.1) is 0 Å². The molecule has 0 unspecified atom stereocenters. The maximum atomic E-state index is 12.6. The first kappa shape index (κ1) is 20.6. The molecule has 31 heavy (non-hydrogen) atoms. The first-order valence-electron chi connectivity index (χ1n) is 9.57. The second-order valence-corrected chi connectivity index (χ2v) is 8.92. The van der Waals surface area contributed by atoms with Gasteiger partial charge in [0.2, 0.25) is 5.89 Å². The number of hydrogen-bond acceptors (Lipinski definition) is 6. The molecule has 0 saturated carbocycles. The van der Waals surface area contributed by atoms with Crippen LogP contribution in [0.2, 0.25) is 0 Å². The molecule has 7 nitrogen and oxygen atoms in total. The lowest BCUT2D eigenvalue weighted by Gasteiger charge is -2.04. The zero-order valence-corrected chi connectivity index (χ0v) is 17.6. The van der Waals surface area contributed by atoms with Gasteiger partial charge >= 0.3 is 0 Å². The number of rotatable bonds is 7. The Labute approximate surface area is 179 Å². The second kappa shape index (κ2) is 8.61. The number of carbonyl (C=O) groups excluding carboxylic acids is 1. The van der Waals surface area contributed by atoms with Crippen molar-refractivity contribution >= 4 is 15.7 Å². The van der Waals surface area contributed by atoms with E-state index in [9.17, 15) is 13.2 Å². The van der Waals surface area contributed by atoms with Gasteiger partial charge in [-0.3, -0.25) is 4.79 Å². The summed E-state index contributed by atoms with van der Waals surface area (Å²) in [7, 11) is -3.53. The maximum absolute atomic E-state index is 12.6. The van der Waals surface area contributed by atoms with Crippen LogP contribution in [-0.2, 0) is 22.1 Å². The molecule has 2 aromatic heterocycles. The van der Waals surface area contributed by atoms with E-state index in [0.29, 0.717) is 40.8 Å².